The summed E-state index contributed by atoms with van der Waals surface area (Å²) in [6, 6.07) is 7.66. The molecule has 14 heavy (non-hydrogen) atoms. The monoisotopic (exact) mass is 192 g/mol. The van der Waals surface area contributed by atoms with E-state index >= 15 is 0 Å². The van der Waals surface area contributed by atoms with Gasteiger partial charge in [-0.15, -0.1) is 0 Å². The SMILES string of the molecule is CN(C(=O)CC#N)c1ccccc1F. The largest absolute Gasteiger partial charge is 0.312 e. The number of para-hydroxylation sites is 1. The van der Waals surface area contributed by atoms with Crippen LogP contribution in [0.4, 0.5) is 10.1 Å². The summed E-state index contributed by atoms with van der Waals surface area (Å²) in [6.45, 7) is 0. The van der Waals surface area contributed by atoms with Crippen molar-refractivity contribution in [2.75, 3.05) is 11.9 Å². The van der Waals surface area contributed by atoms with Crippen LogP contribution in [0.25, 0.3) is 0 Å². The molecule has 0 spiro atoms. The molecule has 0 N–H and O–H groups in total. The molecule has 1 amide bonds. The highest BCUT2D eigenvalue weighted by atomic mass is 19.1. The highest BCUT2D eigenvalue weighted by molar-refractivity contribution is 5.94. The van der Waals surface area contributed by atoms with E-state index in [1.54, 1.807) is 18.2 Å². The maximum absolute atomic E-state index is 13.2. The minimum Gasteiger partial charge on any atom is -0.312 e. The molecule has 0 saturated heterocycles. The number of carbonyl (C=O) groups excluding carboxylic acids is 1. The van der Waals surface area contributed by atoms with Crippen molar-refractivity contribution in [1.82, 2.24) is 0 Å². The van der Waals surface area contributed by atoms with E-state index in [4.69, 9.17) is 5.26 Å². The fourth-order valence-electron chi connectivity index (χ4n) is 1.04. The molecule has 0 radical (unpaired) electrons. The lowest BCUT2D eigenvalue weighted by Crippen LogP contribution is -2.26. The van der Waals surface area contributed by atoms with Crippen LogP contribution in [0.3, 0.4) is 0 Å². The van der Waals surface area contributed by atoms with Gasteiger partial charge in [-0.2, -0.15) is 5.26 Å². The Hall–Kier alpha value is -1.89. The first-order chi connectivity index (χ1) is 6.66. The van der Waals surface area contributed by atoms with Gasteiger partial charge in [0.15, 0.2) is 0 Å². The topological polar surface area (TPSA) is 44.1 Å². The number of hydrogen-bond acceptors (Lipinski definition) is 2. The predicted molar refractivity (Wildman–Crippen MR) is 50.0 cm³/mol. The Bertz CT molecular complexity index is 384. The third-order valence-corrected chi connectivity index (χ3v) is 1.82. The average molecular weight is 192 g/mol. The maximum Gasteiger partial charge on any atom is 0.241 e. The molecular weight excluding hydrogens is 183 g/mol. The van der Waals surface area contributed by atoms with E-state index in [0.717, 1.165) is 4.90 Å². The molecular formula is C10H9FN2O. The van der Waals surface area contributed by atoms with Crippen molar-refractivity contribution in [3.8, 4) is 6.07 Å². The zero-order valence-corrected chi connectivity index (χ0v) is 7.70. The van der Waals surface area contributed by atoms with Crippen LogP contribution in [0, 0.1) is 17.1 Å². The van der Waals surface area contributed by atoms with Crippen LogP contribution in [0.2, 0.25) is 0 Å². The molecule has 1 aromatic rings. The van der Waals surface area contributed by atoms with Gasteiger partial charge in [-0.25, -0.2) is 4.39 Å². The van der Waals surface area contributed by atoms with Gasteiger partial charge in [-0.3, -0.25) is 4.79 Å². The van der Waals surface area contributed by atoms with Gasteiger partial charge in [0.2, 0.25) is 5.91 Å². The van der Waals surface area contributed by atoms with Gasteiger partial charge in [0.25, 0.3) is 0 Å². The molecule has 0 heterocycles. The molecule has 1 aromatic carbocycles. The summed E-state index contributed by atoms with van der Waals surface area (Å²) in [5.74, 6) is -0.890. The summed E-state index contributed by atoms with van der Waals surface area (Å²) < 4.78 is 13.2. The molecule has 4 heteroatoms. The molecule has 0 unspecified atom stereocenters. The summed E-state index contributed by atoms with van der Waals surface area (Å²) in [6.07, 6.45) is -0.245. The molecule has 0 bridgehead atoms. The normalized spacial score (nSPS) is 9.21. The average Bonchev–Trinajstić information content (AvgIpc) is 2.18. The van der Waals surface area contributed by atoms with Gasteiger partial charge in [-0.05, 0) is 12.1 Å². The van der Waals surface area contributed by atoms with Crippen molar-refractivity contribution < 1.29 is 9.18 Å². The highest BCUT2D eigenvalue weighted by Crippen LogP contribution is 2.17. The summed E-state index contributed by atoms with van der Waals surface area (Å²) in [4.78, 5) is 12.4. The molecule has 0 aliphatic heterocycles. The van der Waals surface area contributed by atoms with Crippen molar-refractivity contribution in [2.24, 2.45) is 0 Å². The number of amides is 1. The van der Waals surface area contributed by atoms with E-state index in [1.165, 1.54) is 19.2 Å². The minimum atomic E-state index is -0.471. The maximum atomic E-state index is 13.2. The lowest BCUT2D eigenvalue weighted by molar-refractivity contribution is -0.117. The second-order valence-corrected chi connectivity index (χ2v) is 2.74. The third kappa shape index (κ3) is 2.07. The van der Waals surface area contributed by atoms with Crippen molar-refractivity contribution in [3.63, 3.8) is 0 Å². The van der Waals surface area contributed by atoms with E-state index < -0.39 is 11.7 Å². The Labute approximate surface area is 81.4 Å². The number of anilines is 1. The standard InChI is InChI=1S/C10H9FN2O/c1-13(10(14)6-7-12)9-5-3-2-4-8(9)11/h2-5H,6H2,1H3. The Balaban J connectivity index is 2.90. The van der Waals surface area contributed by atoms with Crippen LogP contribution in [0.5, 0.6) is 0 Å². The third-order valence-electron chi connectivity index (χ3n) is 1.82. The van der Waals surface area contributed by atoms with Crippen LogP contribution in [-0.4, -0.2) is 13.0 Å². The Morgan fingerprint density at radius 3 is 2.79 bits per heavy atom. The lowest BCUT2D eigenvalue weighted by Gasteiger charge is -2.15. The van der Waals surface area contributed by atoms with Crippen molar-refractivity contribution >= 4 is 11.6 Å². The van der Waals surface area contributed by atoms with Crippen LogP contribution in [-0.2, 0) is 4.79 Å². The summed E-state index contributed by atoms with van der Waals surface area (Å²) >= 11 is 0. The Morgan fingerprint density at radius 2 is 2.21 bits per heavy atom. The van der Waals surface area contributed by atoms with Crippen molar-refractivity contribution in [1.29, 1.82) is 5.26 Å². The fourth-order valence-corrected chi connectivity index (χ4v) is 1.04. The number of rotatable bonds is 2. The fraction of sp³-hybridized carbons (Fsp3) is 0.200. The second kappa shape index (κ2) is 4.38. The second-order valence-electron chi connectivity index (χ2n) is 2.74. The zero-order chi connectivity index (χ0) is 10.6. The number of carbonyl (C=O) groups is 1. The Morgan fingerprint density at radius 1 is 1.57 bits per heavy atom. The zero-order valence-electron chi connectivity index (χ0n) is 7.70. The summed E-state index contributed by atoms with van der Waals surface area (Å²) in [5, 5.41) is 8.31. The molecule has 0 aromatic heterocycles. The molecule has 0 saturated carbocycles. The van der Waals surface area contributed by atoms with Gasteiger partial charge in [0, 0.05) is 7.05 Å². The van der Waals surface area contributed by atoms with E-state index in [0.29, 0.717) is 0 Å². The van der Waals surface area contributed by atoms with Gasteiger partial charge >= 0.3 is 0 Å². The van der Waals surface area contributed by atoms with Crippen LogP contribution >= 0.6 is 0 Å². The summed E-state index contributed by atoms with van der Waals surface area (Å²) in [5.41, 5.74) is 0.188. The van der Waals surface area contributed by atoms with Gasteiger partial charge in [0.05, 0.1) is 11.8 Å². The van der Waals surface area contributed by atoms with Crippen molar-refractivity contribution in [3.05, 3.63) is 30.1 Å². The number of hydrogen-bond donors (Lipinski definition) is 0. The smallest absolute Gasteiger partial charge is 0.241 e. The molecule has 0 aliphatic rings. The van der Waals surface area contributed by atoms with Gasteiger partial charge in [-0.1, -0.05) is 12.1 Å². The van der Waals surface area contributed by atoms with E-state index in [2.05, 4.69) is 0 Å². The first-order valence-electron chi connectivity index (χ1n) is 4.05. The van der Waals surface area contributed by atoms with E-state index in [9.17, 15) is 9.18 Å². The lowest BCUT2D eigenvalue weighted by atomic mass is 10.2. The molecule has 72 valence electrons. The first kappa shape index (κ1) is 10.2. The number of nitrogens with zero attached hydrogens (tertiary/aromatic N) is 2. The highest BCUT2D eigenvalue weighted by Gasteiger charge is 2.13. The first-order valence-corrected chi connectivity index (χ1v) is 4.05. The van der Waals surface area contributed by atoms with Crippen LogP contribution < -0.4 is 4.90 Å². The molecule has 0 atom stereocenters. The van der Waals surface area contributed by atoms with Gasteiger partial charge < -0.3 is 4.90 Å². The van der Waals surface area contributed by atoms with Crippen molar-refractivity contribution in [2.45, 2.75) is 6.42 Å². The minimum absolute atomic E-state index is 0.188. The number of halogens is 1. The molecule has 3 nitrogen and oxygen atoms in total. The predicted octanol–water partition coefficient (Wildman–Crippen LogP) is 1.70. The number of nitriles is 1. The van der Waals surface area contributed by atoms with E-state index in [-0.39, 0.29) is 12.1 Å². The molecule has 0 fully saturated rings. The Kier molecular flexibility index (Phi) is 3.19. The summed E-state index contributed by atoms with van der Waals surface area (Å²) in [7, 11) is 1.44. The van der Waals surface area contributed by atoms with Crippen LogP contribution in [0.1, 0.15) is 6.42 Å². The van der Waals surface area contributed by atoms with Gasteiger partial charge in [0.1, 0.15) is 12.2 Å². The molecule has 1 rings (SSSR count). The van der Waals surface area contributed by atoms with E-state index in [1.807, 2.05) is 0 Å². The van der Waals surface area contributed by atoms with Crippen LogP contribution in [0.15, 0.2) is 24.3 Å². The molecule has 0 aliphatic carbocycles. The quantitative estimate of drug-likeness (QED) is 0.715. The number of benzene rings is 1.